The van der Waals surface area contributed by atoms with Crippen LogP contribution in [0.5, 0.6) is 5.75 Å². The summed E-state index contributed by atoms with van der Waals surface area (Å²) in [7, 11) is 0. The van der Waals surface area contributed by atoms with Gasteiger partial charge in [0.25, 0.3) is 0 Å². The first-order valence-corrected chi connectivity index (χ1v) is 6.33. The normalized spacial score (nSPS) is 11.9. The second-order valence-corrected chi connectivity index (χ2v) is 4.66. The molecule has 2 rings (SSSR count). The van der Waals surface area contributed by atoms with Crippen LogP contribution in [0.25, 0.3) is 0 Å². The summed E-state index contributed by atoms with van der Waals surface area (Å²) in [4.78, 5) is 10.9. The fraction of sp³-hybridized carbons (Fsp3) is 0.188. The molecule has 0 amide bonds. The predicted octanol–water partition coefficient (Wildman–Crippen LogP) is 2.66. The molecule has 0 aliphatic heterocycles. The van der Waals surface area contributed by atoms with Crippen LogP contribution in [0, 0.1) is 6.92 Å². The van der Waals surface area contributed by atoms with E-state index in [1.807, 2.05) is 31.2 Å². The molecule has 20 heavy (non-hydrogen) atoms. The minimum atomic E-state index is -1.05. The zero-order valence-corrected chi connectivity index (χ0v) is 11.2. The van der Waals surface area contributed by atoms with Crippen molar-refractivity contribution in [2.45, 2.75) is 19.6 Å². The number of rotatable bonds is 5. The van der Waals surface area contributed by atoms with Crippen molar-refractivity contribution in [2.75, 3.05) is 0 Å². The van der Waals surface area contributed by atoms with E-state index >= 15 is 0 Å². The number of carboxylic acids is 1. The molecular weight excluding hydrogens is 254 g/mol. The van der Waals surface area contributed by atoms with Crippen molar-refractivity contribution >= 4 is 5.97 Å². The van der Waals surface area contributed by atoms with Crippen LogP contribution in [0.1, 0.15) is 22.7 Å². The van der Waals surface area contributed by atoms with Crippen molar-refractivity contribution < 1.29 is 14.6 Å². The summed E-state index contributed by atoms with van der Waals surface area (Å²) in [5.74, 6) is -0.444. The molecule has 1 atom stereocenters. The van der Waals surface area contributed by atoms with Gasteiger partial charge in [0.05, 0.1) is 0 Å². The Morgan fingerprint density at radius 3 is 2.60 bits per heavy atom. The zero-order chi connectivity index (χ0) is 14.5. The van der Waals surface area contributed by atoms with Gasteiger partial charge in [-0.05, 0) is 30.2 Å². The second kappa shape index (κ2) is 6.21. The number of carboxylic acid groups (broad SMARTS) is 1. The van der Waals surface area contributed by atoms with Gasteiger partial charge in [0.1, 0.15) is 18.4 Å². The molecule has 4 heteroatoms. The van der Waals surface area contributed by atoms with Gasteiger partial charge in [-0.2, -0.15) is 0 Å². The minimum Gasteiger partial charge on any atom is -0.489 e. The Morgan fingerprint density at radius 2 is 1.95 bits per heavy atom. The van der Waals surface area contributed by atoms with E-state index in [0.717, 1.165) is 5.56 Å². The lowest BCUT2D eigenvalue weighted by atomic mass is 10.1. The lowest BCUT2D eigenvalue weighted by Crippen LogP contribution is -2.20. The summed E-state index contributed by atoms with van der Waals surface area (Å²) in [6, 6.07) is 13.9. The van der Waals surface area contributed by atoms with Gasteiger partial charge in [0.2, 0.25) is 0 Å². The van der Waals surface area contributed by atoms with E-state index in [2.05, 4.69) is 0 Å². The zero-order valence-electron chi connectivity index (χ0n) is 11.2. The Hall–Kier alpha value is -2.33. The van der Waals surface area contributed by atoms with E-state index in [-0.39, 0.29) is 0 Å². The maximum absolute atomic E-state index is 10.9. The molecule has 0 heterocycles. The summed E-state index contributed by atoms with van der Waals surface area (Å²) in [6.07, 6.45) is 0. The van der Waals surface area contributed by atoms with Crippen LogP contribution in [0.4, 0.5) is 0 Å². The average molecular weight is 271 g/mol. The van der Waals surface area contributed by atoms with Crippen molar-refractivity contribution in [1.29, 1.82) is 0 Å². The first kappa shape index (κ1) is 14.1. The molecule has 0 spiro atoms. The van der Waals surface area contributed by atoms with Crippen molar-refractivity contribution in [2.24, 2.45) is 5.73 Å². The number of ether oxygens (including phenoxy) is 1. The molecule has 4 nitrogen and oxygen atoms in total. The highest BCUT2D eigenvalue weighted by Gasteiger charge is 2.14. The van der Waals surface area contributed by atoms with Crippen LogP contribution >= 0.6 is 0 Å². The third kappa shape index (κ3) is 3.59. The van der Waals surface area contributed by atoms with Crippen molar-refractivity contribution in [3.05, 3.63) is 65.2 Å². The molecule has 3 N–H and O–H groups in total. The summed E-state index contributed by atoms with van der Waals surface area (Å²) in [6.45, 7) is 2.47. The molecule has 2 aromatic carbocycles. The predicted molar refractivity (Wildman–Crippen MR) is 76.5 cm³/mol. The molecular formula is C16H17NO3. The van der Waals surface area contributed by atoms with Crippen molar-refractivity contribution in [1.82, 2.24) is 0 Å². The van der Waals surface area contributed by atoms with E-state index in [1.54, 1.807) is 24.3 Å². The third-order valence-corrected chi connectivity index (χ3v) is 3.01. The van der Waals surface area contributed by atoms with Gasteiger partial charge in [-0.3, -0.25) is 4.79 Å². The van der Waals surface area contributed by atoms with Gasteiger partial charge >= 0.3 is 5.97 Å². The summed E-state index contributed by atoms with van der Waals surface area (Å²) in [5.41, 5.74) is 8.36. The van der Waals surface area contributed by atoms with E-state index in [0.29, 0.717) is 17.9 Å². The Balaban J connectivity index is 2.04. The second-order valence-electron chi connectivity index (χ2n) is 4.66. The molecule has 0 saturated heterocycles. The molecule has 0 unspecified atom stereocenters. The highest BCUT2D eigenvalue weighted by atomic mass is 16.5. The van der Waals surface area contributed by atoms with Crippen LogP contribution < -0.4 is 10.5 Å². The highest BCUT2D eigenvalue weighted by Crippen LogP contribution is 2.19. The van der Waals surface area contributed by atoms with Gasteiger partial charge in [-0.1, -0.05) is 42.0 Å². The molecule has 0 fully saturated rings. The number of aliphatic carboxylic acids is 1. The largest absolute Gasteiger partial charge is 0.489 e. The first-order valence-electron chi connectivity index (χ1n) is 6.33. The molecule has 2 aromatic rings. The molecule has 104 valence electrons. The highest BCUT2D eigenvalue weighted by molar-refractivity contribution is 5.75. The van der Waals surface area contributed by atoms with Gasteiger partial charge in [-0.15, -0.1) is 0 Å². The smallest absolute Gasteiger partial charge is 0.325 e. The molecule has 0 bridgehead atoms. The Bertz CT molecular complexity index is 593. The van der Waals surface area contributed by atoms with Crippen LogP contribution in [0.15, 0.2) is 48.5 Å². The van der Waals surface area contributed by atoms with E-state index in [9.17, 15) is 4.79 Å². The standard InChI is InChI=1S/C16H17NO3/c1-11-5-7-12(8-6-11)10-20-14-4-2-3-13(9-14)15(17)16(18)19/h2-9,15H,10,17H2,1H3,(H,18,19)/t15-/m0/s1. The van der Waals surface area contributed by atoms with E-state index < -0.39 is 12.0 Å². The number of hydrogen-bond acceptors (Lipinski definition) is 3. The van der Waals surface area contributed by atoms with Crippen LogP contribution in [-0.4, -0.2) is 11.1 Å². The number of benzene rings is 2. The van der Waals surface area contributed by atoms with Crippen LogP contribution in [0.3, 0.4) is 0 Å². The molecule has 0 saturated carbocycles. The quantitative estimate of drug-likeness (QED) is 0.877. The van der Waals surface area contributed by atoms with Gasteiger partial charge < -0.3 is 15.6 Å². The molecule has 0 radical (unpaired) electrons. The van der Waals surface area contributed by atoms with Gasteiger partial charge in [0, 0.05) is 0 Å². The Kier molecular flexibility index (Phi) is 4.38. The topological polar surface area (TPSA) is 72.5 Å². The maximum Gasteiger partial charge on any atom is 0.325 e. The minimum absolute atomic E-state index is 0.437. The van der Waals surface area contributed by atoms with Crippen molar-refractivity contribution in [3.63, 3.8) is 0 Å². The molecule has 0 aliphatic carbocycles. The van der Waals surface area contributed by atoms with E-state index in [4.69, 9.17) is 15.6 Å². The summed E-state index contributed by atoms with van der Waals surface area (Å²) < 4.78 is 5.65. The lowest BCUT2D eigenvalue weighted by Gasteiger charge is -2.10. The monoisotopic (exact) mass is 271 g/mol. The average Bonchev–Trinajstić information content (AvgIpc) is 2.46. The number of hydrogen-bond donors (Lipinski definition) is 2. The van der Waals surface area contributed by atoms with Gasteiger partial charge in [-0.25, -0.2) is 0 Å². The summed E-state index contributed by atoms with van der Waals surface area (Å²) >= 11 is 0. The van der Waals surface area contributed by atoms with Crippen LogP contribution in [-0.2, 0) is 11.4 Å². The Labute approximate surface area is 117 Å². The summed E-state index contributed by atoms with van der Waals surface area (Å²) in [5, 5.41) is 8.89. The number of aryl methyl sites for hydroxylation is 1. The van der Waals surface area contributed by atoms with Crippen molar-refractivity contribution in [3.8, 4) is 5.75 Å². The SMILES string of the molecule is Cc1ccc(COc2cccc([C@H](N)C(=O)O)c2)cc1. The lowest BCUT2D eigenvalue weighted by molar-refractivity contribution is -0.138. The fourth-order valence-electron chi connectivity index (χ4n) is 1.79. The van der Waals surface area contributed by atoms with Gasteiger partial charge in [0.15, 0.2) is 0 Å². The maximum atomic E-state index is 10.9. The fourth-order valence-corrected chi connectivity index (χ4v) is 1.79. The Morgan fingerprint density at radius 1 is 1.25 bits per heavy atom. The molecule has 0 aliphatic rings. The number of carbonyl (C=O) groups is 1. The van der Waals surface area contributed by atoms with Crippen LogP contribution in [0.2, 0.25) is 0 Å². The first-order chi connectivity index (χ1) is 9.56. The molecule has 0 aromatic heterocycles. The number of nitrogens with two attached hydrogens (primary N) is 1. The van der Waals surface area contributed by atoms with E-state index in [1.165, 1.54) is 5.56 Å². The third-order valence-electron chi connectivity index (χ3n) is 3.01.